The third-order valence-corrected chi connectivity index (χ3v) is 5.28. The summed E-state index contributed by atoms with van der Waals surface area (Å²) in [5.41, 5.74) is -0.708. The summed E-state index contributed by atoms with van der Waals surface area (Å²) in [4.78, 5) is 27.6. The average molecular weight is 488 g/mol. The van der Waals surface area contributed by atoms with E-state index in [2.05, 4.69) is 26.2 Å². The molecule has 0 aliphatic carbocycles. The summed E-state index contributed by atoms with van der Waals surface area (Å²) in [6.07, 6.45) is -4.03. The van der Waals surface area contributed by atoms with Gasteiger partial charge >= 0.3 is 6.18 Å². The number of rotatable bonds is 5. The second kappa shape index (κ2) is 8.20. The van der Waals surface area contributed by atoms with Gasteiger partial charge in [0.25, 0.3) is 0 Å². The Bertz CT molecular complexity index is 1140. The van der Waals surface area contributed by atoms with E-state index >= 15 is 0 Å². The minimum absolute atomic E-state index is 0.00155. The molecule has 9 heteroatoms. The number of hydrogen-bond donors (Lipinski definition) is 2. The number of nitrogens with one attached hydrogen (secondary N) is 2. The number of benzene rings is 2. The lowest BCUT2D eigenvalue weighted by atomic mass is 10.1. The number of carbonyl (C=O) groups is 1. The Kier molecular flexibility index (Phi) is 6.05. The first kappa shape index (κ1) is 21.4. The molecular formula is C20H15BrClF3N2O2. The lowest BCUT2D eigenvalue weighted by molar-refractivity contribution is -0.138. The molecule has 0 saturated heterocycles. The van der Waals surface area contributed by atoms with Crippen molar-refractivity contribution in [2.75, 3.05) is 11.9 Å². The number of Topliss-reactive ketones (excluding diaryl/α,β-unsaturated/α-hetero) is 1. The molecule has 4 nitrogen and oxygen atoms in total. The number of pyridine rings is 1. The van der Waals surface area contributed by atoms with Crippen LogP contribution in [-0.2, 0) is 12.6 Å². The van der Waals surface area contributed by atoms with E-state index in [1.807, 2.05) is 12.1 Å². The summed E-state index contributed by atoms with van der Waals surface area (Å²) >= 11 is 8.71. The Morgan fingerprint density at radius 1 is 1.21 bits per heavy atom. The van der Waals surface area contributed by atoms with E-state index in [4.69, 9.17) is 11.6 Å². The van der Waals surface area contributed by atoms with E-state index in [1.54, 1.807) is 12.1 Å². The molecule has 2 aromatic carbocycles. The summed E-state index contributed by atoms with van der Waals surface area (Å²) in [6, 6.07) is 9.10. The van der Waals surface area contributed by atoms with Crippen LogP contribution in [0, 0.1) is 0 Å². The zero-order valence-corrected chi connectivity index (χ0v) is 17.4. The lowest BCUT2D eigenvalue weighted by Crippen LogP contribution is -2.20. The molecule has 0 aliphatic heterocycles. The van der Waals surface area contributed by atoms with Crippen molar-refractivity contribution in [1.29, 1.82) is 0 Å². The van der Waals surface area contributed by atoms with Crippen LogP contribution in [0.15, 0.2) is 45.7 Å². The van der Waals surface area contributed by atoms with Gasteiger partial charge in [-0.2, -0.15) is 13.2 Å². The maximum Gasteiger partial charge on any atom is 0.417 e. The van der Waals surface area contributed by atoms with E-state index in [9.17, 15) is 22.8 Å². The molecule has 1 heterocycles. The van der Waals surface area contributed by atoms with Crippen molar-refractivity contribution in [1.82, 2.24) is 4.98 Å². The van der Waals surface area contributed by atoms with Gasteiger partial charge in [0, 0.05) is 21.4 Å². The molecule has 0 saturated carbocycles. The Morgan fingerprint density at radius 3 is 2.45 bits per heavy atom. The number of H-pyrrole nitrogens is 1. The minimum Gasteiger partial charge on any atom is -0.371 e. The van der Waals surface area contributed by atoms with Crippen molar-refractivity contribution in [2.24, 2.45) is 0 Å². The zero-order chi connectivity index (χ0) is 21.3. The number of fused-ring (bicyclic) bond motifs is 1. The fraction of sp³-hybridized carbons (Fsp3) is 0.200. The van der Waals surface area contributed by atoms with Gasteiger partial charge in [0.15, 0.2) is 5.78 Å². The monoisotopic (exact) mass is 486 g/mol. The predicted octanol–water partition coefficient (Wildman–Crippen LogP) is 5.82. The highest BCUT2D eigenvalue weighted by Gasteiger charge is 2.33. The summed E-state index contributed by atoms with van der Waals surface area (Å²) in [5.74, 6) is -0.391. The molecule has 3 rings (SSSR count). The Hall–Kier alpha value is -2.32. The highest BCUT2D eigenvalue weighted by atomic mass is 79.9. The quantitative estimate of drug-likeness (QED) is 0.446. The number of halogens is 5. The van der Waals surface area contributed by atoms with Crippen molar-refractivity contribution in [3.63, 3.8) is 0 Å². The molecule has 0 atom stereocenters. The first-order valence-corrected chi connectivity index (χ1v) is 9.71. The Balaban J connectivity index is 2.01. The Labute approximate surface area is 177 Å². The van der Waals surface area contributed by atoms with Crippen LogP contribution in [0.1, 0.15) is 28.4 Å². The van der Waals surface area contributed by atoms with Crippen LogP contribution >= 0.6 is 27.5 Å². The number of aromatic nitrogens is 1. The summed E-state index contributed by atoms with van der Waals surface area (Å²) in [6.45, 7) is 1.59. The first-order valence-electron chi connectivity index (χ1n) is 8.54. The third-order valence-electron chi connectivity index (χ3n) is 4.37. The molecule has 0 fully saturated rings. The molecule has 152 valence electrons. The highest BCUT2D eigenvalue weighted by molar-refractivity contribution is 9.10. The number of aromatic amines is 1. The van der Waals surface area contributed by atoms with Gasteiger partial charge in [-0.15, -0.1) is 0 Å². The van der Waals surface area contributed by atoms with Crippen LogP contribution in [0.2, 0.25) is 5.02 Å². The van der Waals surface area contributed by atoms with E-state index in [1.165, 1.54) is 6.92 Å². The van der Waals surface area contributed by atoms with Crippen LogP contribution < -0.4 is 10.7 Å². The smallest absolute Gasteiger partial charge is 0.371 e. The summed E-state index contributed by atoms with van der Waals surface area (Å²) < 4.78 is 39.3. The van der Waals surface area contributed by atoms with Gasteiger partial charge in [0.05, 0.1) is 11.1 Å². The maximum atomic E-state index is 13.2. The van der Waals surface area contributed by atoms with Crippen LogP contribution in [-0.4, -0.2) is 17.3 Å². The molecule has 29 heavy (non-hydrogen) atoms. The normalized spacial score (nSPS) is 11.7. The van der Waals surface area contributed by atoms with Gasteiger partial charge < -0.3 is 10.3 Å². The molecule has 0 aliphatic rings. The number of alkyl halides is 3. The van der Waals surface area contributed by atoms with Gasteiger partial charge in [-0.3, -0.25) is 9.59 Å². The average Bonchev–Trinajstić information content (AvgIpc) is 2.62. The fourth-order valence-electron chi connectivity index (χ4n) is 2.98. The van der Waals surface area contributed by atoms with Crippen molar-refractivity contribution in [3.05, 3.63) is 72.8 Å². The van der Waals surface area contributed by atoms with Crippen molar-refractivity contribution < 1.29 is 18.0 Å². The predicted molar refractivity (Wildman–Crippen MR) is 111 cm³/mol. The second-order valence-corrected chi connectivity index (χ2v) is 7.73. The third kappa shape index (κ3) is 4.64. The minimum atomic E-state index is -4.59. The number of ketones is 1. The van der Waals surface area contributed by atoms with Gasteiger partial charge in [0.1, 0.15) is 11.4 Å². The molecule has 0 spiro atoms. The van der Waals surface area contributed by atoms with Gasteiger partial charge in [-0.25, -0.2) is 0 Å². The zero-order valence-electron chi connectivity index (χ0n) is 15.1. The lowest BCUT2D eigenvalue weighted by Gasteiger charge is -2.14. The van der Waals surface area contributed by atoms with Crippen molar-refractivity contribution in [2.45, 2.75) is 19.5 Å². The van der Waals surface area contributed by atoms with Crippen LogP contribution in [0.4, 0.5) is 19.0 Å². The molecule has 0 unspecified atom stereocenters. The van der Waals surface area contributed by atoms with Gasteiger partial charge in [-0.1, -0.05) is 39.7 Å². The highest BCUT2D eigenvalue weighted by Crippen LogP contribution is 2.36. The van der Waals surface area contributed by atoms with E-state index < -0.39 is 23.0 Å². The second-order valence-electron chi connectivity index (χ2n) is 6.44. The van der Waals surface area contributed by atoms with Crippen LogP contribution in [0.5, 0.6) is 0 Å². The van der Waals surface area contributed by atoms with E-state index in [0.29, 0.717) is 18.0 Å². The SMILES string of the molecule is CC(=O)c1c(NCCc2ccc(Cl)cc2)[nH]c2cc(C(F)(F)F)c(Br)cc2c1=O. The standard InChI is InChI=1S/C20H15BrClF3N2O2/c1-10(28)17-18(29)13-8-15(21)14(20(23,24)25)9-16(13)27-19(17)26-7-6-11-2-4-12(22)5-3-11/h2-5,8-9H,6-7H2,1H3,(H2,26,27,29). The first-order chi connectivity index (χ1) is 13.6. The van der Waals surface area contributed by atoms with Crippen molar-refractivity contribution in [3.8, 4) is 0 Å². The van der Waals surface area contributed by atoms with E-state index in [0.717, 1.165) is 17.7 Å². The van der Waals surface area contributed by atoms with Crippen LogP contribution in [0.3, 0.4) is 0 Å². The molecule has 2 N–H and O–H groups in total. The number of anilines is 1. The maximum absolute atomic E-state index is 13.2. The fourth-order valence-corrected chi connectivity index (χ4v) is 3.67. The summed E-state index contributed by atoms with van der Waals surface area (Å²) in [5, 5.41) is 3.56. The topological polar surface area (TPSA) is 62.0 Å². The van der Waals surface area contributed by atoms with Crippen LogP contribution in [0.25, 0.3) is 10.9 Å². The van der Waals surface area contributed by atoms with Gasteiger partial charge in [0.2, 0.25) is 5.43 Å². The van der Waals surface area contributed by atoms with Gasteiger partial charge in [-0.05, 0) is 43.2 Å². The number of hydrogen-bond acceptors (Lipinski definition) is 3. The number of carbonyl (C=O) groups excluding carboxylic acids is 1. The Morgan fingerprint density at radius 2 is 1.86 bits per heavy atom. The molecule has 0 radical (unpaired) electrons. The van der Waals surface area contributed by atoms with E-state index in [-0.39, 0.29) is 26.8 Å². The molecular weight excluding hydrogens is 473 g/mol. The summed E-state index contributed by atoms with van der Waals surface area (Å²) in [7, 11) is 0. The molecule has 1 aromatic heterocycles. The largest absolute Gasteiger partial charge is 0.417 e. The molecule has 0 amide bonds. The molecule has 3 aromatic rings. The van der Waals surface area contributed by atoms with Crippen molar-refractivity contribution >= 4 is 50.0 Å². The molecule has 0 bridgehead atoms.